The van der Waals surface area contributed by atoms with Gasteiger partial charge in [0.1, 0.15) is 5.82 Å². The molecular formula is C11H21N3O2S. The van der Waals surface area contributed by atoms with Crippen molar-refractivity contribution in [3.8, 4) is 0 Å². The molecule has 98 valence electrons. The number of aryl methyl sites for hydroxylation is 1. The van der Waals surface area contributed by atoms with E-state index in [0.717, 1.165) is 0 Å². The average Bonchev–Trinajstić information content (AvgIpc) is 2.61. The van der Waals surface area contributed by atoms with Crippen LogP contribution in [0.5, 0.6) is 0 Å². The van der Waals surface area contributed by atoms with Crippen LogP contribution in [0.4, 0.5) is 0 Å². The minimum absolute atomic E-state index is 0.0639. The summed E-state index contributed by atoms with van der Waals surface area (Å²) in [6.45, 7) is 10.0. The molecule has 0 aliphatic heterocycles. The lowest BCUT2D eigenvalue weighted by molar-refractivity contribution is 0.318. The Balaban J connectivity index is 3.09. The van der Waals surface area contributed by atoms with Gasteiger partial charge in [0, 0.05) is 12.6 Å². The first-order chi connectivity index (χ1) is 7.75. The molecule has 0 saturated carbocycles. The Morgan fingerprint density at radius 3 is 2.29 bits per heavy atom. The summed E-state index contributed by atoms with van der Waals surface area (Å²) >= 11 is 0. The number of sulfonamides is 1. The van der Waals surface area contributed by atoms with Crippen molar-refractivity contribution in [3.05, 3.63) is 12.0 Å². The summed E-state index contributed by atoms with van der Waals surface area (Å²) < 4.78 is 26.3. The van der Waals surface area contributed by atoms with E-state index < -0.39 is 10.0 Å². The Bertz CT molecular complexity index is 463. The highest BCUT2D eigenvalue weighted by atomic mass is 32.2. The molecule has 1 N–H and O–H groups in total. The van der Waals surface area contributed by atoms with Crippen LogP contribution in [0.3, 0.4) is 0 Å². The molecule has 0 aliphatic carbocycles. The van der Waals surface area contributed by atoms with Crippen LogP contribution in [-0.2, 0) is 10.0 Å². The first-order valence-corrected chi connectivity index (χ1v) is 7.22. The van der Waals surface area contributed by atoms with Crippen molar-refractivity contribution in [2.24, 2.45) is 5.92 Å². The van der Waals surface area contributed by atoms with Crippen molar-refractivity contribution in [1.29, 1.82) is 0 Å². The molecule has 0 fully saturated rings. The minimum atomic E-state index is -3.46. The molecule has 0 aliphatic rings. The maximum Gasteiger partial charge on any atom is 0.260 e. The summed E-state index contributed by atoms with van der Waals surface area (Å²) in [6, 6.07) is -0.0639. The number of nitrogens with one attached hydrogen (secondary N) is 1. The lowest BCUT2D eigenvalue weighted by atomic mass is 10.2. The van der Waals surface area contributed by atoms with Crippen LogP contribution in [0.15, 0.2) is 11.2 Å². The molecule has 0 saturated heterocycles. The molecule has 0 amide bonds. The predicted molar refractivity (Wildman–Crippen MR) is 67.2 cm³/mol. The maximum absolute atomic E-state index is 12.4. The van der Waals surface area contributed by atoms with E-state index in [9.17, 15) is 8.42 Å². The smallest absolute Gasteiger partial charge is 0.260 e. The molecule has 1 aromatic heterocycles. The summed E-state index contributed by atoms with van der Waals surface area (Å²) in [5.74, 6) is 0.896. The largest absolute Gasteiger partial charge is 0.332 e. The zero-order chi connectivity index (χ0) is 13.2. The molecule has 0 spiro atoms. The summed E-state index contributed by atoms with van der Waals surface area (Å²) in [5.41, 5.74) is 0. The van der Waals surface area contributed by atoms with Gasteiger partial charge in [-0.25, -0.2) is 13.4 Å². The van der Waals surface area contributed by atoms with E-state index in [0.29, 0.717) is 12.4 Å². The molecular weight excluding hydrogens is 238 g/mol. The van der Waals surface area contributed by atoms with E-state index in [-0.39, 0.29) is 17.0 Å². The zero-order valence-corrected chi connectivity index (χ0v) is 11.9. The van der Waals surface area contributed by atoms with Gasteiger partial charge in [-0.1, -0.05) is 13.8 Å². The number of H-pyrrole nitrogens is 1. The summed E-state index contributed by atoms with van der Waals surface area (Å²) in [4.78, 5) is 6.73. The van der Waals surface area contributed by atoms with Gasteiger partial charge in [0.2, 0.25) is 0 Å². The molecule has 0 atom stereocenters. The van der Waals surface area contributed by atoms with E-state index in [1.165, 1.54) is 10.5 Å². The number of rotatable bonds is 5. The lowest BCUT2D eigenvalue weighted by Crippen LogP contribution is -2.39. The van der Waals surface area contributed by atoms with Crippen LogP contribution in [-0.4, -0.2) is 35.3 Å². The number of aromatic amines is 1. The van der Waals surface area contributed by atoms with Gasteiger partial charge < -0.3 is 4.98 Å². The Morgan fingerprint density at radius 1 is 1.35 bits per heavy atom. The highest BCUT2D eigenvalue weighted by molar-refractivity contribution is 7.89. The van der Waals surface area contributed by atoms with Gasteiger partial charge in [-0.15, -0.1) is 0 Å². The van der Waals surface area contributed by atoms with Crippen molar-refractivity contribution < 1.29 is 8.42 Å². The topological polar surface area (TPSA) is 66.1 Å². The van der Waals surface area contributed by atoms with E-state index >= 15 is 0 Å². The normalized spacial score (nSPS) is 12.9. The Hall–Kier alpha value is -0.880. The van der Waals surface area contributed by atoms with Crippen LogP contribution in [0.25, 0.3) is 0 Å². The molecule has 6 heteroatoms. The molecule has 0 radical (unpaired) electrons. The highest BCUT2D eigenvalue weighted by Gasteiger charge is 2.28. The second kappa shape index (κ2) is 5.18. The lowest BCUT2D eigenvalue weighted by Gasteiger charge is -2.26. The fourth-order valence-electron chi connectivity index (χ4n) is 1.60. The molecule has 0 bridgehead atoms. The Labute approximate surface area is 103 Å². The number of hydrogen-bond donors (Lipinski definition) is 1. The van der Waals surface area contributed by atoms with Gasteiger partial charge in [0.05, 0.1) is 6.20 Å². The SMILES string of the molecule is Cc1ncc(S(=O)(=O)N(CC(C)C)C(C)C)[nH]1. The Kier molecular flexibility index (Phi) is 4.32. The fraction of sp³-hybridized carbons (Fsp3) is 0.727. The van der Waals surface area contributed by atoms with Crippen molar-refractivity contribution in [2.45, 2.75) is 45.7 Å². The third-order valence-electron chi connectivity index (χ3n) is 2.39. The molecule has 5 nitrogen and oxygen atoms in total. The van der Waals surface area contributed by atoms with Crippen LogP contribution in [0.1, 0.15) is 33.5 Å². The zero-order valence-electron chi connectivity index (χ0n) is 11.1. The third kappa shape index (κ3) is 3.29. The van der Waals surface area contributed by atoms with E-state index in [4.69, 9.17) is 0 Å². The van der Waals surface area contributed by atoms with E-state index in [1.807, 2.05) is 27.7 Å². The summed E-state index contributed by atoms with van der Waals surface area (Å²) in [7, 11) is -3.46. The number of imidazole rings is 1. The van der Waals surface area contributed by atoms with Gasteiger partial charge in [-0.05, 0) is 26.7 Å². The number of hydrogen-bond acceptors (Lipinski definition) is 3. The van der Waals surface area contributed by atoms with Crippen molar-refractivity contribution >= 4 is 10.0 Å². The second-order valence-electron chi connectivity index (χ2n) is 4.90. The maximum atomic E-state index is 12.4. The van der Waals surface area contributed by atoms with Gasteiger partial charge in [-0.2, -0.15) is 4.31 Å². The Morgan fingerprint density at radius 2 is 1.94 bits per heavy atom. The minimum Gasteiger partial charge on any atom is -0.332 e. The fourth-order valence-corrected chi connectivity index (χ4v) is 3.37. The molecule has 1 aromatic rings. The van der Waals surface area contributed by atoms with Crippen LogP contribution >= 0.6 is 0 Å². The summed E-state index contributed by atoms with van der Waals surface area (Å²) in [6.07, 6.45) is 1.38. The first kappa shape index (κ1) is 14.2. The second-order valence-corrected chi connectivity index (χ2v) is 6.75. The van der Waals surface area contributed by atoms with Crippen LogP contribution in [0, 0.1) is 12.8 Å². The molecule has 0 aromatic carbocycles. The van der Waals surface area contributed by atoms with Crippen molar-refractivity contribution in [3.63, 3.8) is 0 Å². The predicted octanol–water partition coefficient (Wildman–Crippen LogP) is 1.77. The standard InChI is InChI=1S/C11H21N3O2S/c1-8(2)7-14(9(3)4)17(15,16)11-6-12-10(5)13-11/h6,8-9H,7H2,1-5H3,(H,12,13). The third-order valence-corrected chi connectivity index (χ3v) is 4.34. The monoisotopic (exact) mass is 259 g/mol. The quantitative estimate of drug-likeness (QED) is 0.876. The van der Waals surface area contributed by atoms with Crippen molar-refractivity contribution in [2.75, 3.05) is 6.54 Å². The molecule has 17 heavy (non-hydrogen) atoms. The van der Waals surface area contributed by atoms with Crippen LogP contribution < -0.4 is 0 Å². The van der Waals surface area contributed by atoms with Gasteiger partial charge in [0.15, 0.2) is 5.03 Å². The van der Waals surface area contributed by atoms with E-state index in [1.54, 1.807) is 6.92 Å². The molecule has 0 unspecified atom stereocenters. The van der Waals surface area contributed by atoms with Gasteiger partial charge in [0.25, 0.3) is 10.0 Å². The highest BCUT2D eigenvalue weighted by Crippen LogP contribution is 2.17. The van der Waals surface area contributed by atoms with Crippen LogP contribution in [0.2, 0.25) is 0 Å². The van der Waals surface area contributed by atoms with E-state index in [2.05, 4.69) is 9.97 Å². The van der Waals surface area contributed by atoms with Gasteiger partial charge in [-0.3, -0.25) is 0 Å². The molecule has 1 rings (SSSR count). The molecule has 1 heterocycles. The first-order valence-electron chi connectivity index (χ1n) is 5.78. The average molecular weight is 259 g/mol. The number of aromatic nitrogens is 2. The van der Waals surface area contributed by atoms with Crippen molar-refractivity contribution in [1.82, 2.24) is 14.3 Å². The number of nitrogens with zero attached hydrogens (tertiary/aromatic N) is 2. The summed E-state index contributed by atoms with van der Waals surface area (Å²) in [5, 5.41) is 0.171. The van der Waals surface area contributed by atoms with Gasteiger partial charge >= 0.3 is 0 Å².